The Kier molecular flexibility index (Phi) is 6.11. The SMILES string of the molecule is CN1CCN(C2=NC(=O)C(=Cc3ccc4c(cnn4Cc4ccc(C(F)(F)F)cc4C4CC4)c3)S2)CC1. The van der Waals surface area contributed by atoms with Crippen molar-refractivity contribution in [1.29, 1.82) is 0 Å². The lowest BCUT2D eigenvalue weighted by Gasteiger charge is -2.32. The molecule has 0 N–H and O–H groups in total. The Bertz CT molecular complexity index is 1430. The standard InChI is InChI=1S/C27H26F3N5OS/c1-33-8-10-34(11-9-33)26-32-25(36)24(37-26)13-17-2-7-23-20(12-17)15-31-35(23)16-19-5-6-21(27(28,29)30)14-22(19)18-3-4-18/h2,5-7,12-15,18H,3-4,8-11,16H2,1H3. The van der Waals surface area contributed by atoms with E-state index in [0.29, 0.717) is 11.4 Å². The number of carbonyl (C=O) groups excluding carboxylic acids is 1. The number of amidine groups is 1. The van der Waals surface area contributed by atoms with Gasteiger partial charge < -0.3 is 9.80 Å². The Morgan fingerprint density at radius 2 is 1.86 bits per heavy atom. The van der Waals surface area contributed by atoms with Crippen molar-refractivity contribution in [2.24, 2.45) is 4.99 Å². The van der Waals surface area contributed by atoms with Gasteiger partial charge in [-0.15, -0.1) is 0 Å². The van der Waals surface area contributed by atoms with Gasteiger partial charge in [0.2, 0.25) is 0 Å². The molecule has 1 saturated carbocycles. The Morgan fingerprint density at radius 1 is 1.08 bits per heavy atom. The Morgan fingerprint density at radius 3 is 2.59 bits per heavy atom. The van der Waals surface area contributed by atoms with E-state index < -0.39 is 11.7 Å². The summed E-state index contributed by atoms with van der Waals surface area (Å²) >= 11 is 1.41. The van der Waals surface area contributed by atoms with Crippen molar-refractivity contribution >= 4 is 39.8 Å². The Hall–Kier alpha value is -3.11. The third-order valence-corrected chi connectivity index (χ3v) is 8.20. The predicted octanol–water partition coefficient (Wildman–Crippen LogP) is 5.20. The smallest absolute Gasteiger partial charge is 0.348 e. The zero-order chi connectivity index (χ0) is 25.7. The molecule has 0 spiro atoms. The number of hydrogen-bond donors (Lipinski definition) is 0. The molecule has 3 heterocycles. The number of halogens is 3. The van der Waals surface area contributed by atoms with Gasteiger partial charge in [0.25, 0.3) is 5.91 Å². The van der Waals surface area contributed by atoms with E-state index in [1.165, 1.54) is 17.8 Å². The number of amides is 1. The van der Waals surface area contributed by atoms with Crippen LogP contribution in [0.1, 0.15) is 41.0 Å². The first-order valence-electron chi connectivity index (χ1n) is 12.4. The number of thioether (sulfide) groups is 1. The summed E-state index contributed by atoms with van der Waals surface area (Å²) in [5.74, 6) is -0.0265. The van der Waals surface area contributed by atoms with Gasteiger partial charge >= 0.3 is 6.18 Å². The zero-order valence-corrected chi connectivity index (χ0v) is 21.1. The molecular weight excluding hydrogens is 499 g/mol. The van der Waals surface area contributed by atoms with Crippen molar-refractivity contribution < 1.29 is 18.0 Å². The highest BCUT2D eigenvalue weighted by Gasteiger charge is 2.34. The highest BCUT2D eigenvalue weighted by Crippen LogP contribution is 2.44. The molecule has 1 saturated heterocycles. The maximum Gasteiger partial charge on any atom is 0.416 e. The summed E-state index contributed by atoms with van der Waals surface area (Å²) in [6.45, 7) is 4.01. The van der Waals surface area contributed by atoms with E-state index in [2.05, 4.69) is 26.9 Å². The molecule has 0 bridgehead atoms. The molecule has 2 aromatic carbocycles. The van der Waals surface area contributed by atoms with Gasteiger partial charge in [0, 0.05) is 31.6 Å². The summed E-state index contributed by atoms with van der Waals surface area (Å²) < 4.78 is 41.6. The van der Waals surface area contributed by atoms with Gasteiger partial charge in [0.05, 0.1) is 28.7 Å². The maximum absolute atomic E-state index is 13.3. The normalized spacial score (nSPS) is 20.3. The van der Waals surface area contributed by atoms with Crippen LogP contribution in [0.5, 0.6) is 0 Å². The van der Waals surface area contributed by atoms with Crippen LogP contribution in [0.4, 0.5) is 13.2 Å². The van der Waals surface area contributed by atoms with Gasteiger partial charge in [-0.3, -0.25) is 9.48 Å². The van der Waals surface area contributed by atoms with Crippen LogP contribution in [-0.2, 0) is 17.5 Å². The van der Waals surface area contributed by atoms with E-state index in [4.69, 9.17) is 0 Å². The molecule has 6 rings (SSSR count). The van der Waals surface area contributed by atoms with Crippen LogP contribution in [0.3, 0.4) is 0 Å². The summed E-state index contributed by atoms with van der Waals surface area (Å²) in [6.07, 6.45) is 1.11. The number of fused-ring (bicyclic) bond motifs is 1. The number of aromatic nitrogens is 2. The molecule has 3 aromatic rings. The number of likely N-dealkylation sites (N-methyl/N-ethyl adjacent to an activating group) is 1. The molecule has 2 aliphatic heterocycles. The topological polar surface area (TPSA) is 53.7 Å². The van der Waals surface area contributed by atoms with E-state index in [9.17, 15) is 18.0 Å². The van der Waals surface area contributed by atoms with E-state index in [1.807, 2.05) is 29.0 Å². The number of nitrogens with zero attached hydrogens (tertiary/aromatic N) is 5. The second-order valence-corrected chi connectivity index (χ2v) is 10.9. The fraction of sp³-hybridized carbons (Fsp3) is 0.370. The molecule has 0 radical (unpaired) electrons. The first-order valence-corrected chi connectivity index (χ1v) is 13.2. The molecule has 3 aliphatic rings. The molecule has 0 atom stereocenters. The third kappa shape index (κ3) is 5.04. The lowest BCUT2D eigenvalue weighted by molar-refractivity contribution is -0.137. The number of carbonyl (C=O) groups is 1. The number of aliphatic imine (C=N–C) groups is 1. The summed E-state index contributed by atoms with van der Waals surface area (Å²) in [6, 6.07) is 9.90. The van der Waals surface area contributed by atoms with Gasteiger partial charge in [-0.05, 0) is 84.6 Å². The van der Waals surface area contributed by atoms with Crippen LogP contribution >= 0.6 is 11.8 Å². The minimum Gasteiger partial charge on any atom is -0.348 e. The quantitative estimate of drug-likeness (QED) is 0.439. The van der Waals surface area contributed by atoms with Crippen molar-refractivity contribution in [3.63, 3.8) is 0 Å². The van der Waals surface area contributed by atoms with Gasteiger partial charge in [-0.2, -0.15) is 23.3 Å². The number of hydrogen-bond acceptors (Lipinski definition) is 5. The molecule has 10 heteroatoms. The molecule has 0 unspecified atom stereocenters. The molecule has 37 heavy (non-hydrogen) atoms. The van der Waals surface area contributed by atoms with Crippen molar-refractivity contribution in [3.8, 4) is 0 Å². The van der Waals surface area contributed by atoms with Crippen LogP contribution < -0.4 is 0 Å². The molecule has 1 amide bonds. The molecule has 192 valence electrons. The molecule has 6 nitrogen and oxygen atoms in total. The van der Waals surface area contributed by atoms with Gasteiger partial charge in [-0.25, -0.2) is 0 Å². The molecule has 1 aliphatic carbocycles. The monoisotopic (exact) mass is 525 g/mol. The van der Waals surface area contributed by atoms with Crippen LogP contribution in [0.15, 0.2) is 52.5 Å². The number of alkyl halides is 3. The summed E-state index contributed by atoms with van der Waals surface area (Å²) in [4.78, 5) is 21.8. The van der Waals surface area contributed by atoms with E-state index in [1.54, 1.807) is 12.3 Å². The average molecular weight is 526 g/mol. The zero-order valence-electron chi connectivity index (χ0n) is 20.3. The first-order chi connectivity index (χ1) is 17.7. The number of piperazine rings is 1. The lowest BCUT2D eigenvalue weighted by Crippen LogP contribution is -2.46. The van der Waals surface area contributed by atoms with Crippen molar-refractivity contribution in [3.05, 3.63) is 69.8 Å². The van der Waals surface area contributed by atoms with Gasteiger partial charge in [-0.1, -0.05) is 12.1 Å². The number of rotatable bonds is 4. The van der Waals surface area contributed by atoms with E-state index in [-0.39, 0.29) is 11.8 Å². The molecule has 2 fully saturated rings. The minimum atomic E-state index is -4.35. The van der Waals surface area contributed by atoms with Gasteiger partial charge in [0.1, 0.15) is 0 Å². The first kappa shape index (κ1) is 24.2. The van der Waals surface area contributed by atoms with Crippen LogP contribution in [0.2, 0.25) is 0 Å². The summed E-state index contributed by atoms with van der Waals surface area (Å²) in [5, 5.41) is 6.19. The average Bonchev–Trinajstić information content (AvgIpc) is 3.55. The second kappa shape index (κ2) is 9.33. The Balaban J connectivity index is 1.21. The highest BCUT2D eigenvalue weighted by atomic mass is 32.2. The third-order valence-electron chi connectivity index (χ3n) is 7.16. The number of benzene rings is 2. The Labute approximate surface area is 216 Å². The van der Waals surface area contributed by atoms with Crippen LogP contribution in [0.25, 0.3) is 17.0 Å². The minimum absolute atomic E-state index is 0.191. The van der Waals surface area contributed by atoms with E-state index >= 15 is 0 Å². The summed E-state index contributed by atoms with van der Waals surface area (Å²) in [5.41, 5.74) is 2.82. The van der Waals surface area contributed by atoms with E-state index in [0.717, 1.165) is 77.8 Å². The van der Waals surface area contributed by atoms with Crippen molar-refractivity contribution in [2.75, 3.05) is 33.2 Å². The fourth-order valence-corrected chi connectivity index (χ4v) is 5.82. The van der Waals surface area contributed by atoms with Crippen molar-refractivity contribution in [2.45, 2.75) is 31.5 Å². The van der Waals surface area contributed by atoms with Crippen LogP contribution in [0, 0.1) is 0 Å². The fourth-order valence-electron chi connectivity index (χ4n) is 4.85. The highest BCUT2D eigenvalue weighted by molar-refractivity contribution is 8.18. The maximum atomic E-state index is 13.3. The molecule has 1 aromatic heterocycles. The summed E-state index contributed by atoms with van der Waals surface area (Å²) in [7, 11) is 2.09. The van der Waals surface area contributed by atoms with Gasteiger partial charge in [0.15, 0.2) is 5.17 Å². The lowest BCUT2D eigenvalue weighted by atomic mass is 9.99. The predicted molar refractivity (Wildman–Crippen MR) is 139 cm³/mol. The van der Waals surface area contributed by atoms with Crippen LogP contribution in [-0.4, -0.2) is 63.9 Å². The second-order valence-electron chi connectivity index (χ2n) is 9.91. The largest absolute Gasteiger partial charge is 0.416 e. The molecular formula is C27H26F3N5OS. The van der Waals surface area contributed by atoms with Crippen molar-refractivity contribution in [1.82, 2.24) is 19.6 Å².